The fourth-order valence-electron chi connectivity index (χ4n) is 1.00. The maximum Gasteiger partial charge on any atom is 0.0211 e. The molecule has 9 heavy (non-hydrogen) atoms. The molecule has 0 atom stereocenters. The van der Waals surface area contributed by atoms with Gasteiger partial charge in [0.15, 0.2) is 0 Å². The zero-order valence-corrected chi connectivity index (χ0v) is 7.81. The van der Waals surface area contributed by atoms with Gasteiger partial charge in [0.25, 0.3) is 0 Å². The molecule has 0 aromatic carbocycles. The summed E-state index contributed by atoms with van der Waals surface area (Å²) in [5, 5.41) is 0. The normalized spacial score (nSPS) is 18.9. The van der Waals surface area contributed by atoms with Gasteiger partial charge in [0.05, 0.1) is 0 Å². The Morgan fingerprint density at radius 1 is 1.67 bits per heavy atom. The van der Waals surface area contributed by atoms with Crippen LogP contribution in [-0.2, 0) is 0 Å². The first-order valence-corrected chi connectivity index (χ1v) is 4.78. The maximum absolute atomic E-state index is 2.43. The Morgan fingerprint density at radius 2 is 2.44 bits per heavy atom. The fourth-order valence-corrected chi connectivity index (χ4v) is 1.99. The first-order valence-electron chi connectivity index (χ1n) is 3.25. The lowest BCUT2D eigenvalue weighted by atomic mass is 10.0. The first-order chi connectivity index (χ1) is 4.34. The lowest BCUT2D eigenvalue weighted by Crippen LogP contribution is -1.92. The fraction of sp³-hybridized carbons (Fsp3) is 0.500. The summed E-state index contributed by atoms with van der Waals surface area (Å²) in [6, 6.07) is 0. The third-order valence-electron chi connectivity index (χ3n) is 1.70. The average Bonchev–Trinajstić information content (AvgIpc) is 1.89. The molecule has 0 aromatic heterocycles. The third-order valence-corrected chi connectivity index (χ3v) is 2.62. The molecular weight excluding hydrogens is 223 g/mol. The molecule has 1 rings (SSSR count). The Balaban J connectivity index is 2.72. The lowest BCUT2D eigenvalue weighted by molar-refractivity contribution is 0.949. The van der Waals surface area contributed by atoms with E-state index in [1.54, 1.807) is 5.57 Å². The van der Waals surface area contributed by atoms with Crippen LogP contribution in [-0.4, -0.2) is 4.43 Å². The summed E-state index contributed by atoms with van der Waals surface area (Å²) in [6.45, 7) is 2.20. The van der Waals surface area contributed by atoms with Crippen molar-refractivity contribution in [3.63, 3.8) is 0 Å². The van der Waals surface area contributed by atoms with Crippen molar-refractivity contribution >= 4 is 22.6 Å². The molecule has 0 spiro atoms. The molecule has 0 radical (unpaired) electrons. The van der Waals surface area contributed by atoms with E-state index in [0.717, 1.165) is 0 Å². The minimum atomic E-state index is 1.20. The van der Waals surface area contributed by atoms with Crippen LogP contribution in [0.3, 0.4) is 0 Å². The molecule has 0 amide bonds. The summed E-state index contributed by atoms with van der Waals surface area (Å²) in [7, 11) is 0. The Labute approximate surface area is 70.2 Å². The predicted molar refractivity (Wildman–Crippen MR) is 50.0 cm³/mol. The van der Waals surface area contributed by atoms with E-state index >= 15 is 0 Å². The van der Waals surface area contributed by atoms with Gasteiger partial charge in [-0.25, -0.2) is 0 Å². The molecule has 0 nitrogen and oxygen atoms in total. The van der Waals surface area contributed by atoms with Crippen LogP contribution in [0.5, 0.6) is 0 Å². The van der Waals surface area contributed by atoms with Crippen molar-refractivity contribution in [3.05, 3.63) is 23.3 Å². The van der Waals surface area contributed by atoms with Crippen LogP contribution in [0.2, 0.25) is 0 Å². The SMILES string of the molecule is CC1=C(CI)CCC=C1. The van der Waals surface area contributed by atoms with E-state index in [2.05, 4.69) is 41.7 Å². The van der Waals surface area contributed by atoms with Crippen LogP contribution in [0.4, 0.5) is 0 Å². The molecule has 0 fully saturated rings. The van der Waals surface area contributed by atoms with E-state index in [0.29, 0.717) is 0 Å². The number of rotatable bonds is 1. The number of hydrogen-bond donors (Lipinski definition) is 0. The van der Waals surface area contributed by atoms with Gasteiger partial charge >= 0.3 is 0 Å². The van der Waals surface area contributed by atoms with Gasteiger partial charge in [-0.05, 0) is 19.8 Å². The van der Waals surface area contributed by atoms with Crippen molar-refractivity contribution < 1.29 is 0 Å². The van der Waals surface area contributed by atoms with Crippen molar-refractivity contribution in [2.75, 3.05) is 4.43 Å². The summed E-state index contributed by atoms with van der Waals surface area (Å²) >= 11 is 2.43. The Morgan fingerprint density at radius 3 is 2.89 bits per heavy atom. The van der Waals surface area contributed by atoms with Gasteiger partial charge in [-0.15, -0.1) is 0 Å². The molecule has 0 heterocycles. The first kappa shape index (κ1) is 7.32. The van der Waals surface area contributed by atoms with Crippen LogP contribution in [0.1, 0.15) is 19.8 Å². The van der Waals surface area contributed by atoms with Crippen LogP contribution < -0.4 is 0 Å². The summed E-state index contributed by atoms with van der Waals surface area (Å²) in [6.07, 6.45) is 7.02. The molecule has 0 aromatic rings. The van der Waals surface area contributed by atoms with Gasteiger partial charge in [0.2, 0.25) is 0 Å². The van der Waals surface area contributed by atoms with Crippen LogP contribution in [0, 0.1) is 0 Å². The highest BCUT2D eigenvalue weighted by atomic mass is 127. The lowest BCUT2D eigenvalue weighted by Gasteiger charge is -2.08. The standard InChI is InChI=1S/C8H11I/c1-7-4-2-3-5-8(7)6-9/h2,4H,3,5-6H2,1H3. The van der Waals surface area contributed by atoms with E-state index in [1.807, 2.05) is 0 Å². The summed E-state index contributed by atoms with van der Waals surface area (Å²) in [5.41, 5.74) is 3.11. The van der Waals surface area contributed by atoms with E-state index in [1.165, 1.54) is 22.8 Å². The molecule has 0 saturated carbocycles. The van der Waals surface area contributed by atoms with Crippen LogP contribution in [0.15, 0.2) is 23.3 Å². The molecule has 1 aliphatic rings. The molecule has 1 aliphatic carbocycles. The molecule has 50 valence electrons. The number of hydrogen-bond acceptors (Lipinski definition) is 0. The predicted octanol–water partition coefficient (Wildman–Crippen LogP) is 3.09. The van der Waals surface area contributed by atoms with Gasteiger partial charge in [-0.3, -0.25) is 0 Å². The van der Waals surface area contributed by atoms with Crippen molar-refractivity contribution in [3.8, 4) is 0 Å². The summed E-state index contributed by atoms with van der Waals surface area (Å²) in [4.78, 5) is 0. The van der Waals surface area contributed by atoms with Crippen molar-refractivity contribution in [1.29, 1.82) is 0 Å². The van der Waals surface area contributed by atoms with E-state index in [9.17, 15) is 0 Å². The minimum Gasteiger partial charge on any atom is -0.0840 e. The maximum atomic E-state index is 2.43. The summed E-state index contributed by atoms with van der Waals surface area (Å²) < 4.78 is 1.20. The largest absolute Gasteiger partial charge is 0.0840 e. The average molecular weight is 234 g/mol. The molecule has 0 unspecified atom stereocenters. The topological polar surface area (TPSA) is 0 Å². The Hall–Kier alpha value is 0.210. The number of alkyl halides is 1. The van der Waals surface area contributed by atoms with Gasteiger partial charge in [-0.2, -0.15) is 0 Å². The molecule has 0 saturated heterocycles. The van der Waals surface area contributed by atoms with Gasteiger partial charge in [-0.1, -0.05) is 45.9 Å². The zero-order valence-electron chi connectivity index (χ0n) is 5.65. The Kier molecular flexibility index (Phi) is 2.76. The van der Waals surface area contributed by atoms with E-state index in [4.69, 9.17) is 0 Å². The Bertz CT molecular complexity index is 154. The van der Waals surface area contributed by atoms with E-state index in [-0.39, 0.29) is 0 Å². The molecular formula is C8H11I. The second-order valence-electron chi connectivity index (χ2n) is 2.36. The second-order valence-corrected chi connectivity index (χ2v) is 3.12. The van der Waals surface area contributed by atoms with Gasteiger partial charge < -0.3 is 0 Å². The van der Waals surface area contributed by atoms with Crippen LogP contribution >= 0.6 is 22.6 Å². The van der Waals surface area contributed by atoms with Crippen LogP contribution in [0.25, 0.3) is 0 Å². The summed E-state index contributed by atoms with van der Waals surface area (Å²) in [5.74, 6) is 0. The second kappa shape index (κ2) is 3.40. The van der Waals surface area contributed by atoms with E-state index < -0.39 is 0 Å². The van der Waals surface area contributed by atoms with Gasteiger partial charge in [0.1, 0.15) is 0 Å². The molecule has 0 bridgehead atoms. The smallest absolute Gasteiger partial charge is 0.0211 e. The minimum absolute atomic E-state index is 1.20. The molecule has 0 N–H and O–H groups in total. The number of halogens is 1. The molecule has 0 aliphatic heterocycles. The quantitative estimate of drug-likeness (QED) is 0.483. The monoisotopic (exact) mass is 234 g/mol. The molecule has 1 heteroatoms. The highest BCUT2D eigenvalue weighted by molar-refractivity contribution is 14.1. The third kappa shape index (κ3) is 1.81. The highest BCUT2D eigenvalue weighted by Crippen LogP contribution is 2.19. The number of allylic oxidation sites excluding steroid dienone is 4. The van der Waals surface area contributed by atoms with Gasteiger partial charge in [0, 0.05) is 4.43 Å². The highest BCUT2D eigenvalue weighted by Gasteiger charge is 2.01. The van der Waals surface area contributed by atoms with Crippen molar-refractivity contribution in [2.45, 2.75) is 19.8 Å². The zero-order chi connectivity index (χ0) is 6.69. The van der Waals surface area contributed by atoms with Crippen molar-refractivity contribution in [2.24, 2.45) is 0 Å². The van der Waals surface area contributed by atoms with Crippen molar-refractivity contribution in [1.82, 2.24) is 0 Å².